The Balaban J connectivity index is 1.84. The maximum atomic E-state index is 5.98. The molecule has 0 spiro atoms. The molecule has 0 aliphatic carbocycles. The third-order valence-corrected chi connectivity index (χ3v) is 3.34. The second-order valence-corrected chi connectivity index (χ2v) is 5.13. The van der Waals surface area contributed by atoms with Crippen LogP contribution in [-0.4, -0.2) is 31.2 Å². The van der Waals surface area contributed by atoms with E-state index < -0.39 is 0 Å². The zero-order valence-electron chi connectivity index (χ0n) is 11.5. The Kier molecular flexibility index (Phi) is 6.05. The van der Waals surface area contributed by atoms with E-state index in [0.717, 1.165) is 55.6 Å². The summed E-state index contributed by atoms with van der Waals surface area (Å²) in [5.41, 5.74) is 7.47. The second-order valence-electron chi connectivity index (χ2n) is 4.69. The van der Waals surface area contributed by atoms with Crippen LogP contribution in [0.1, 0.15) is 12.8 Å². The van der Waals surface area contributed by atoms with Gasteiger partial charge in [0, 0.05) is 28.8 Å². The fraction of sp³-hybridized carbons (Fsp3) is 0.400. The van der Waals surface area contributed by atoms with E-state index >= 15 is 0 Å². The minimum absolute atomic E-state index is 0.714. The van der Waals surface area contributed by atoms with E-state index in [1.54, 1.807) is 6.20 Å². The lowest BCUT2D eigenvalue weighted by molar-refractivity contribution is 0.637. The summed E-state index contributed by atoms with van der Waals surface area (Å²) in [5, 5.41) is 8.64. The lowest BCUT2D eigenvalue weighted by atomic mass is 10.2. The molecule has 0 fully saturated rings. The van der Waals surface area contributed by atoms with Crippen LogP contribution in [-0.2, 0) is 0 Å². The smallest absolute Gasteiger partial charge is 0.0737 e. The molecule has 1 aromatic heterocycles. The van der Waals surface area contributed by atoms with Crippen LogP contribution in [0.5, 0.6) is 0 Å². The summed E-state index contributed by atoms with van der Waals surface area (Å²) in [6, 6.07) is 7.78. The van der Waals surface area contributed by atoms with Gasteiger partial charge < -0.3 is 16.4 Å². The first-order chi connectivity index (χ1) is 9.81. The Morgan fingerprint density at radius 2 is 1.95 bits per heavy atom. The number of hydrogen-bond acceptors (Lipinski definition) is 4. The Hall–Kier alpha value is -1.36. The van der Waals surface area contributed by atoms with Gasteiger partial charge in [0.1, 0.15) is 0 Å². The first-order valence-electron chi connectivity index (χ1n) is 7.00. The molecule has 0 saturated heterocycles. The third-order valence-electron chi connectivity index (χ3n) is 3.11. The van der Waals surface area contributed by atoms with E-state index in [1.807, 2.05) is 24.3 Å². The molecule has 108 valence electrons. The summed E-state index contributed by atoms with van der Waals surface area (Å²) >= 11 is 5.98. The quantitative estimate of drug-likeness (QED) is 0.655. The number of nitrogens with two attached hydrogens (primary N) is 1. The Morgan fingerprint density at radius 3 is 2.80 bits per heavy atom. The van der Waals surface area contributed by atoms with Gasteiger partial charge in [0.05, 0.1) is 5.52 Å². The number of benzene rings is 1. The molecule has 20 heavy (non-hydrogen) atoms. The van der Waals surface area contributed by atoms with Gasteiger partial charge in [-0.2, -0.15) is 0 Å². The highest BCUT2D eigenvalue weighted by atomic mass is 35.5. The standard InChI is InChI=1S/C15H21ClN4/c16-12-3-4-13-14(5-10-20-15(13)11-12)19-9-2-8-18-7-1-6-17/h3-5,10-11,18H,1-2,6-9,17H2,(H,19,20). The molecule has 4 nitrogen and oxygen atoms in total. The number of pyridine rings is 1. The highest BCUT2D eigenvalue weighted by Gasteiger charge is 2.01. The minimum atomic E-state index is 0.714. The Bertz CT molecular complexity index is 544. The van der Waals surface area contributed by atoms with Gasteiger partial charge in [-0.3, -0.25) is 4.98 Å². The van der Waals surface area contributed by atoms with E-state index in [-0.39, 0.29) is 0 Å². The maximum Gasteiger partial charge on any atom is 0.0737 e. The number of nitrogens with zero attached hydrogens (tertiary/aromatic N) is 1. The topological polar surface area (TPSA) is 63.0 Å². The zero-order chi connectivity index (χ0) is 14.2. The molecule has 0 bridgehead atoms. The van der Waals surface area contributed by atoms with E-state index in [4.69, 9.17) is 17.3 Å². The van der Waals surface area contributed by atoms with Crippen LogP contribution in [0, 0.1) is 0 Å². The van der Waals surface area contributed by atoms with Crippen LogP contribution < -0.4 is 16.4 Å². The van der Waals surface area contributed by atoms with Crippen molar-refractivity contribution < 1.29 is 0 Å². The second kappa shape index (κ2) is 8.04. The number of hydrogen-bond donors (Lipinski definition) is 3. The van der Waals surface area contributed by atoms with Crippen molar-refractivity contribution in [2.45, 2.75) is 12.8 Å². The van der Waals surface area contributed by atoms with Crippen molar-refractivity contribution in [2.75, 3.05) is 31.5 Å². The van der Waals surface area contributed by atoms with Crippen LogP contribution in [0.3, 0.4) is 0 Å². The summed E-state index contributed by atoms with van der Waals surface area (Å²) < 4.78 is 0. The largest absolute Gasteiger partial charge is 0.384 e. The summed E-state index contributed by atoms with van der Waals surface area (Å²) in [6.45, 7) is 3.67. The normalized spacial score (nSPS) is 10.9. The molecule has 5 heteroatoms. The van der Waals surface area contributed by atoms with Gasteiger partial charge in [-0.15, -0.1) is 0 Å². The molecule has 2 aromatic rings. The summed E-state index contributed by atoms with van der Waals surface area (Å²) in [7, 11) is 0. The molecule has 2 rings (SSSR count). The fourth-order valence-electron chi connectivity index (χ4n) is 2.06. The molecule has 0 saturated carbocycles. The van der Waals surface area contributed by atoms with Crippen molar-refractivity contribution in [3.05, 3.63) is 35.5 Å². The molecule has 1 aromatic carbocycles. The van der Waals surface area contributed by atoms with Crippen molar-refractivity contribution in [2.24, 2.45) is 5.73 Å². The summed E-state index contributed by atoms with van der Waals surface area (Å²) in [5.74, 6) is 0. The SMILES string of the molecule is NCCCNCCCNc1ccnc2cc(Cl)ccc12. The number of rotatable bonds is 8. The van der Waals surface area contributed by atoms with Crippen molar-refractivity contribution in [3.8, 4) is 0 Å². The first-order valence-corrected chi connectivity index (χ1v) is 7.38. The molecular weight excluding hydrogens is 272 g/mol. The van der Waals surface area contributed by atoms with Crippen LogP contribution in [0.4, 0.5) is 5.69 Å². The fourth-order valence-corrected chi connectivity index (χ4v) is 2.23. The van der Waals surface area contributed by atoms with Crippen molar-refractivity contribution >= 4 is 28.2 Å². The number of nitrogens with one attached hydrogen (secondary N) is 2. The van der Waals surface area contributed by atoms with Gasteiger partial charge in [0.2, 0.25) is 0 Å². The van der Waals surface area contributed by atoms with E-state index in [0.29, 0.717) is 5.02 Å². The average Bonchev–Trinajstić information content (AvgIpc) is 2.46. The van der Waals surface area contributed by atoms with Crippen molar-refractivity contribution in [1.82, 2.24) is 10.3 Å². The molecule has 0 radical (unpaired) electrons. The minimum Gasteiger partial charge on any atom is -0.384 e. The van der Waals surface area contributed by atoms with Crippen molar-refractivity contribution in [1.29, 1.82) is 0 Å². The molecule has 0 atom stereocenters. The van der Waals surface area contributed by atoms with E-state index in [9.17, 15) is 0 Å². The van der Waals surface area contributed by atoms with Gasteiger partial charge in [-0.25, -0.2) is 0 Å². The molecule has 0 unspecified atom stereocenters. The van der Waals surface area contributed by atoms with Crippen LogP contribution >= 0.6 is 11.6 Å². The van der Waals surface area contributed by atoms with Gasteiger partial charge in [-0.05, 0) is 56.7 Å². The van der Waals surface area contributed by atoms with E-state index in [1.165, 1.54) is 0 Å². The van der Waals surface area contributed by atoms with Gasteiger partial charge in [-0.1, -0.05) is 11.6 Å². The number of halogens is 1. The van der Waals surface area contributed by atoms with Crippen molar-refractivity contribution in [3.63, 3.8) is 0 Å². The van der Waals surface area contributed by atoms with Crippen LogP contribution in [0.2, 0.25) is 5.02 Å². The van der Waals surface area contributed by atoms with Crippen LogP contribution in [0.15, 0.2) is 30.5 Å². The van der Waals surface area contributed by atoms with Gasteiger partial charge in [0.15, 0.2) is 0 Å². The molecule has 1 heterocycles. The number of aromatic nitrogens is 1. The lowest BCUT2D eigenvalue weighted by Crippen LogP contribution is -2.21. The average molecular weight is 293 g/mol. The zero-order valence-corrected chi connectivity index (χ0v) is 12.3. The molecule has 0 aliphatic heterocycles. The van der Waals surface area contributed by atoms with E-state index in [2.05, 4.69) is 15.6 Å². The third kappa shape index (κ3) is 4.34. The summed E-state index contributed by atoms with van der Waals surface area (Å²) in [4.78, 5) is 4.33. The van der Waals surface area contributed by atoms with Gasteiger partial charge in [0.25, 0.3) is 0 Å². The molecule has 0 aliphatic rings. The first kappa shape index (κ1) is 15.0. The monoisotopic (exact) mass is 292 g/mol. The molecule has 0 amide bonds. The van der Waals surface area contributed by atoms with Gasteiger partial charge >= 0.3 is 0 Å². The Labute approximate surface area is 124 Å². The molecular formula is C15H21ClN4. The number of fused-ring (bicyclic) bond motifs is 1. The summed E-state index contributed by atoms with van der Waals surface area (Å²) in [6.07, 6.45) is 3.91. The lowest BCUT2D eigenvalue weighted by Gasteiger charge is -2.10. The van der Waals surface area contributed by atoms with Crippen LogP contribution in [0.25, 0.3) is 10.9 Å². The highest BCUT2D eigenvalue weighted by molar-refractivity contribution is 6.31. The number of anilines is 1. The predicted molar refractivity (Wildman–Crippen MR) is 86.4 cm³/mol. The molecule has 4 N–H and O–H groups in total. The maximum absolute atomic E-state index is 5.98. The highest BCUT2D eigenvalue weighted by Crippen LogP contribution is 2.24. The predicted octanol–water partition coefficient (Wildman–Crippen LogP) is 2.63. The Morgan fingerprint density at radius 1 is 1.10 bits per heavy atom.